The topological polar surface area (TPSA) is 49.4 Å². The van der Waals surface area contributed by atoms with Crippen LogP contribution >= 0.6 is 11.6 Å². The second-order valence-electron chi connectivity index (χ2n) is 6.12. The Morgan fingerprint density at radius 3 is 2.43 bits per heavy atom. The number of hydrogen-bond donors (Lipinski definition) is 1. The fraction of sp³-hybridized carbons (Fsp3) is 0.444. The number of nitrogens with zero attached hydrogens (tertiary/aromatic N) is 1. The van der Waals surface area contributed by atoms with E-state index in [1.54, 1.807) is 0 Å². The third-order valence-corrected chi connectivity index (χ3v) is 4.91. The zero-order valence-electron chi connectivity index (χ0n) is 13.1. The standard InChI is InChI=1S/C18H21ClN2O2/c19-15-16(20-12-11-13-7-3-1-4-8-13)18(23)21(17(15)22)14-9-5-2-6-10-14/h1,3-4,7-8,14,20H,2,5-6,9-12H2. The number of carbonyl (C=O) groups is 2. The lowest BCUT2D eigenvalue weighted by Crippen LogP contribution is -2.43. The van der Waals surface area contributed by atoms with Crippen molar-refractivity contribution in [2.45, 2.75) is 44.6 Å². The van der Waals surface area contributed by atoms with Crippen molar-refractivity contribution < 1.29 is 9.59 Å². The van der Waals surface area contributed by atoms with Gasteiger partial charge in [-0.3, -0.25) is 14.5 Å². The van der Waals surface area contributed by atoms with Gasteiger partial charge in [0.25, 0.3) is 11.8 Å². The van der Waals surface area contributed by atoms with Gasteiger partial charge in [0, 0.05) is 12.6 Å². The van der Waals surface area contributed by atoms with Gasteiger partial charge < -0.3 is 5.32 Å². The molecular formula is C18H21ClN2O2. The molecular weight excluding hydrogens is 312 g/mol. The van der Waals surface area contributed by atoms with Crippen LogP contribution in [0.15, 0.2) is 41.1 Å². The fourth-order valence-corrected chi connectivity index (χ4v) is 3.56. The monoisotopic (exact) mass is 332 g/mol. The normalized spacial score (nSPS) is 19.6. The number of imide groups is 1. The van der Waals surface area contributed by atoms with Gasteiger partial charge in [-0.15, -0.1) is 0 Å². The molecule has 0 bridgehead atoms. The van der Waals surface area contributed by atoms with Crippen LogP contribution in [-0.4, -0.2) is 29.3 Å². The summed E-state index contributed by atoms with van der Waals surface area (Å²) in [4.78, 5) is 26.3. The van der Waals surface area contributed by atoms with E-state index in [0.29, 0.717) is 6.54 Å². The number of rotatable bonds is 5. The van der Waals surface area contributed by atoms with Crippen LogP contribution in [0.3, 0.4) is 0 Å². The molecule has 5 heteroatoms. The summed E-state index contributed by atoms with van der Waals surface area (Å²) in [7, 11) is 0. The number of nitrogens with one attached hydrogen (secondary N) is 1. The molecule has 1 heterocycles. The Kier molecular flexibility index (Phi) is 5.01. The summed E-state index contributed by atoms with van der Waals surface area (Å²) in [6.07, 6.45) is 5.86. The minimum absolute atomic E-state index is 0.00548. The molecule has 0 spiro atoms. The molecule has 1 saturated carbocycles. The van der Waals surface area contributed by atoms with E-state index in [4.69, 9.17) is 11.6 Å². The molecule has 1 aliphatic carbocycles. The van der Waals surface area contributed by atoms with E-state index in [1.807, 2.05) is 30.3 Å². The SMILES string of the molecule is O=C1C(Cl)=C(NCCc2ccccc2)C(=O)N1C1CCCCC1. The van der Waals surface area contributed by atoms with Gasteiger partial charge in [0.2, 0.25) is 0 Å². The molecule has 2 aliphatic rings. The third-order valence-electron chi connectivity index (χ3n) is 4.56. The Hall–Kier alpha value is -1.81. The Morgan fingerprint density at radius 2 is 1.74 bits per heavy atom. The summed E-state index contributed by atoms with van der Waals surface area (Å²) in [5.41, 5.74) is 1.44. The van der Waals surface area contributed by atoms with Crippen LogP contribution in [0.1, 0.15) is 37.7 Å². The summed E-state index contributed by atoms with van der Waals surface area (Å²) in [5.74, 6) is -0.606. The molecule has 122 valence electrons. The Bertz CT molecular complexity index is 621. The molecule has 23 heavy (non-hydrogen) atoms. The van der Waals surface area contributed by atoms with Crippen LogP contribution in [0.25, 0.3) is 0 Å². The van der Waals surface area contributed by atoms with Crippen molar-refractivity contribution in [3.8, 4) is 0 Å². The van der Waals surface area contributed by atoms with Gasteiger partial charge in [0.05, 0.1) is 0 Å². The highest BCUT2D eigenvalue weighted by Crippen LogP contribution is 2.30. The highest BCUT2D eigenvalue weighted by atomic mass is 35.5. The molecule has 3 rings (SSSR count). The molecule has 1 aromatic rings. The highest BCUT2D eigenvalue weighted by molar-refractivity contribution is 6.47. The summed E-state index contributed by atoms with van der Waals surface area (Å²) in [5, 5.41) is 3.10. The van der Waals surface area contributed by atoms with Gasteiger partial charge in [-0.25, -0.2) is 0 Å². The number of halogens is 1. The molecule has 1 aromatic carbocycles. The van der Waals surface area contributed by atoms with Crippen molar-refractivity contribution >= 4 is 23.4 Å². The number of amides is 2. The number of benzene rings is 1. The first-order chi connectivity index (χ1) is 11.2. The molecule has 0 atom stereocenters. The second-order valence-corrected chi connectivity index (χ2v) is 6.50. The van der Waals surface area contributed by atoms with E-state index in [2.05, 4.69) is 5.32 Å². The van der Waals surface area contributed by atoms with E-state index >= 15 is 0 Å². The molecule has 0 radical (unpaired) electrons. The van der Waals surface area contributed by atoms with Gasteiger partial charge in [0.15, 0.2) is 0 Å². The summed E-state index contributed by atoms with van der Waals surface area (Å²) >= 11 is 6.12. The fourth-order valence-electron chi connectivity index (χ4n) is 3.32. The minimum atomic E-state index is -0.342. The minimum Gasteiger partial charge on any atom is -0.379 e. The lowest BCUT2D eigenvalue weighted by atomic mass is 9.94. The molecule has 0 saturated heterocycles. The molecule has 0 unspecified atom stereocenters. The molecule has 4 nitrogen and oxygen atoms in total. The van der Waals surface area contributed by atoms with E-state index in [-0.39, 0.29) is 28.6 Å². The summed E-state index contributed by atoms with van der Waals surface area (Å²) in [6, 6.07) is 10.0. The van der Waals surface area contributed by atoms with Crippen LogP contribution in [0, 0.1) is 0 Å². The molecule has 2 amide bonds. The van der Waals surface area contributed by atoms with E-state index in [1.165, 1.54) is 16.9 Å². The van der Waals surface area contributed by atoms with Crippen molar-refractivity contribution in [2.75, 3.05) is 6.54 Å². The second kappa shape index (κ2) is 7.18. The van der Waals surface area contributed by atoms with Crippen molar-refractivity contribution in [1.29, 1.82) is 0 Å². The maximum Gasteiger partial charge on any atom is 0.278 e. The predicted molar refractivity (Wildman–Crippen MR) is 89.8 cm³/mol. The lowest BCUT2D eigenvalue weighted by Gasteiger charge is -2.29. The molecule has 1 fully saturated rings. The quantitative estimate of drug-likeness (QED) is 0.843. The first-order valence-corrected chi connectivity index (χ1v) is 8.61. The first-order valence-electron chi connectivity index (χ1n) is 8.24. The van der Waals surface area contributed by atoms with Crippen LogP contribution in [0.5, 0.6) is 0 Å². The summed E-state index contributed by atoms with van der Waals surface area (Å²) in [6.45, 7) is 0.576. The van der Waals surface area contributed by atoms with Crippen molar-refractivity contribution in [2.24, 2.45) is 0 Å². The average molecular weight is 333 g/mol. The summed E-state index contributed by atoms with van der Waals surface area (Å²) < 4.78 is 0. The lowest BCUT2D eigenvalue weighted by molar-refractivity contribution is -0.140. The smallest absolute Gasteiger partial charge is 0.278 e. The largest absolute Gasteiger partial charge is 0.379 e. The van der Waals surface area contributed by atoms with Crippen molar-refractivity contribution in [3.63, 3.8) is 0 Å². The van der Waals surface area contributed by atoms with Crippen molar-refractivity contribution in [3.05, 3.63) is 46.6 Å². The Labute approximate surface area is 141 Å². The van der Waals surface area contributed by atoms with Crippen LogP contribution in [-0.2, 0) is 16.0 Å². The molecule has 0 aromatic heterocycles. The average Bonchev–Trinajstić information content (AvgIpc) is 2.80. The third kappa shape index (κ3) is 3.42. The zero-order chi connectivity index (χ0) is 16.2. The first kappa shape index (κ1) is 16.1. The maximum atomic E-state index is 12.6. The highest BCUT2D eigenvalue weighted by Gasteiger charge is 2.41. The Morgan fingerprint density at radius 1 is 1.04 bits per heavy atom. The zero-order valence-corrected chi connectivity index (χ0v) is 13.8. The maximum absolute atomic E-state index is 12.6. The van der Waals surface area contributed by atoms with Gasteiger partial charge in [-0.05, 0) is 24.8 Å². The van der Waals surface area contributed by atoms with Gasteiger partial charge in [0.1, 0.15) is 10.7 Å². The van der Waals surface area contributed by atoms with Gasteiger partial charge in [-0.2, -0.15) is 0 Å². The number of hydrogen-bond acceptors (Lipinski definition) is 3. The van der Waals surface area contributed by atoms with E-state index < -0.39 is 0 Å². The van der Waals surface area contributed by atoms with Crippen LogP contribution < -0.4 is 5.32 Å². The van der Waals surface area contributed by atoms with Crippen LogP contribution in [0.4, 0.5) is 0 Å². The van der Waals surface area contributed by atoms with E-state index in [9.17, 15) is 9.59 Å². The van der Waals surface area contributed by atoms with E-state index in [0.717, 1.165) is 32.1 Å². The number of carbonyl (C=O) groups excluding carboxylic acids is 2. The van der Waals surface area contributed by atoms with Gasteiger partial charge >= 0.3 is 0 Å². The molecule has 1 N–H and O–H groups in total. The predicted octanol–water partition coefficient (Wildman–Crippen LogP) is 2.97. The van der Waals surface area contributed by atoms with Crippen LogP contribution in [0.2, 0.25) is 0 Å². The molecule has 1 aliphatic heterocycles. The Balaban J connectivity index is 1.62. The van der Waals surface area contributed by atoms with Gasteiger partial charge in [-0.1, -0.05) is 61.2 Å². The van der Waals surface area contributed by atoms with Crippen molar-refractivity contribution in [1.82, 2.24) is 10.2 Å².